The summed E-state index contributed by atoms with van der Waals surface area (Å²) in [4.78, 5) is 11.1. The van der Waals surface area contributed by atoms with Gasteiger partial charge in [0.15, 0.2) is 0 Å². The van der Waals surface area contributed by atoms with Crippen LogP contribution in [0, 0.1) is 9.49 Å². The Labute approximate surface area is 133 Å². The standard InChI is InChI=1S/C13H18INO4S/c1-4-9(2)8-15(3)20(18,19)10-5-6-12(14)11(7-10)13(16)17/h5-7,9H,4,8H2,1-3H3,(H,16,17). The first-order valence-corrected chi connectivity index (χ1v) is 8.71. The zero-order valence-corrected chi connectivity index (χ0v) is 14.6. The Morgan fingerprint density at radius 2 is 2.05 bits per heavy atom. The van der Waals surface area contributed by atoms with E-state index in [1.54, 1.807) is 0 Å². The van der Waals surface area contributed by atoms with Crippen molar-refractivity contribution in [3.63, 3.8) is 0 Å². The molecule has 1 rings (SSSR count). The van der Waals surface area contributed by atoms with Crippen LogP contribution in [0.15, 0.2) is 23.1 Å². The lowest BCUT2D eigenvalue weighted by Crippen LogP contribution is -2.31. The summed E-state index contributed by atoms with van der Waals surface area (Å²) < 4.78 is 26.6. The summed E-state index contributed by atoms with van der Waals surface area (Å²) in [5.41, 5.74) is 0.00335. The normalized spacial score (nSPS) is 13.4. The van der Waals surface area contributed by atoms with Crippen molar-refractivity contribution in [2.24, 2.45) is 5.92 Å². The topological polar surface area (TPSA) is 74.7 Å². The minimum atomic E-state index is -3.65. The zero-order chi connectivity index (χ0) is 15.5. The van der Waals surface area contributed by atoms with Crippen LogP contribution in [0.1, 0.15) is 30.6 Å². The van der Waals surface area contributed by atoms with E-state index >= 15 is 0 Å². The van der Waals surface area contributed by atoms with E-state index in [2.05, 4.69) is 0 Å². The van der Waals surface area contributed by atoms with Crippen LogP contribution in [0.3, 0.4) is 0 Å². The monoisotopic (exact) mass is 411 g/mol. The smallest absolute Gasteiger partial charge is 0.336 e. The Kier molecular flexibility index (Phi) is 5.96. The van der Waals surface area contributed by atoms with Gasteiger partial charge in [0, 0.05) is 17.2 Å². The van der Waals surface area contributed by atoms with E-state index in [1.807, 2.05) is 36.4 Å². The largest absolute Gasteiger partial charge is 0.478 e. The van der Waals surface area contributed by atoms with E-state index in [-0.39, 0.29) is 16.4 Å². The number of halogens is 1. The predicted molar refractivity (Wildman–Crippen MR) is 85.4 cm³/mol. The molecule has 0 fully saturated rings. The molecule has 0 heterocycles. The minimum absolute atomic E-state index is 0.00335. The quantitative estimate of drug-likeness (QED) is 0.731. The summed E-state index contributed by atoms with van der Waals surface area (Å²) in [6.07, 6.45) is 0.882. The van der Waals surface area contributed by atoms with Gasteiger partial charge in [-0.3, -0.25) is 0 Å². The summed E-state index contributed by atoms with van der Waals surface area (Å²) in [5, 5.41) is 9.06. The van der Waals surface area contributed by atoms with E-state index in [0.29, 0.717) is 10.1 Å². The molecule has 0 radical (unpaired) electrons. The molecule has 20 heavy (non-hydrogen) atoms. The summed E-state index contributed by atoms with van der Waals surface area (Å²) in [7, 11) is -2.14. The highest BCUT2D eigenvalue weighted by Gasteiger charge is 2.23. The van der Waals surface area contributed by atoms with Crippen molar-refractivity contribution in [1.82, 2.24) is 4.31 Å². The number of benzene rings is 1. The molecule has 0 saturated carbocycles. The van der Waals surface area contributed by atoms with Gasteiger partial charge in [0.1, 0.15) is 0 Å². The fraction of sp³-hybridized carbons (Fsp3) is 0.462. The number of hydrogen-bond acceptors (Lipinski definition) is 3. The maximum atomic E-state index is 12.4. The molecule has 0 aliphatic carbocycles. The van der Waals surface area contributed by atoms with E-state index in [9.17, 15) is 13.2 Å². The molecule has 1 N–H and O–H groups in total. The molecule has 0 saturated heterocycles. The number of nitrogens with zero attached hydrogens (tertiary/aromatic N) is 1. The molecule has 0 aromatic heterocycles. The van der Waals surface area contributed by atoms with Crippen LogP contribution in [-0.4, -0.2) is 37.4 Å². The Morgan fingerprint density at radius 1 is 1.45 bits per heavy atom. The third-order valence-corrected chi connectivity index (χ3v) is 5.90. The molecule has 1 atom stereocenters. The summed E-state index contributed by atoms with van der Waals surface area (Å²) >= 11 is 1.87. The molecular formula is C13H18INO4S. The van der Waals surface area contributed by atoms with Crippen LogP contribution in [0.4, 0.5) is 0 Å². The first-order valence-electron chi connectivity index (χ1n) is 6.19. The Morgan fingerprint density at radius 3 is 2.55 bits per heavy atom. The molecule has 0 aliphatic rings. The summed E-state index contributed by atoms with van der Waals surface area (Å²) in [5.74, 6) is -0.881. The minimum Gasteiger partial charge on any atom is -0.478 e. The number of aromatic carboxylic acids is 1. The molecule has 0 spiro atoms. The van der Waals surface area contributed by atoms with Crippen LogP contribution in [-0.2, 0) is 10.0 Å². The lowest BCUT2D eigenvalue weighted by molar-refractivity contribution is 0.0695. The fourth-order valence-electron chi connectivity index (χ4n) is 1.67. The zero-order valence-electron chi connectivity index (χ0n) is 11.6. The van der Waals surface area contributed by atoms with Crippen molar-refractivity contribution < 1.29 is 18.3 Å². The van der Waals surface area contributed by atoms with Crippen molar-refractivity contribution >= 4 is 38.6 Å². The Balaban J connectivity index is 3.16. The average molecular weight is 411 g/mol. The number of hydrogen-bond donors (Lipinski definition) is 1. The molecule has 7 heteroatoms. The van der Waals surface area contributed by atoms with Gasteiger partial charge in [-0.05, 0) is 46.7 Å². The van der Waals surface area contributed by atoms with Gasteiger partial charge in [-0.15, -0.1) is 0 Å². The lowest BCUT2D eigenvalue weighted by atomic mass is 10.1. The highest BCUT2D eigenvalue weighted by atomic mass is 127. The maximum absolute atomic E-state index is 12.4. The molecule has 5 nitrogen and oxygen atoms in total. The first kappa shape index (κ1) is 17.4. The number of rotatable bonds is 6. The third kappa shape index (κ3) is 3.92. The van der Waals surface area contributed by atoms with Gasteiger partial charge in [0.05, 0.1) is 10.5 Å². The lowest BCUT2D eigenvalue weighted by Gasteiger charge is -2.20. The second kappa shape index (κ2) is 6.86. The van der Waals surface area contributed by atoms with E-state index in [0.717, 1.165) is 6.42 Å². The fourth-order valence-corrected chi connectivity index (χ4v) is 3.56. The number of carboxylic acid groups (broad SMARTS) is 1. The van der Waals surface area contributed by atoms with Gasteiger partial charge in [-0.1, -0.05) is 20.3 Å². The molecule has 1 aromatic carbocycles. The molecule has 1 unspecified atom stereocenters. The van der Waals surface area contributed by atoms with Gasteiger partial charge in [0.2, 0.25) is 10.0 Å². The number of carbonyl (C=O) groups is 1. The summed E-state index contributed by atoms with van der Waals surface area (Å²) in [6.45, 7) is 4.38. The Bertz CT molecular complexity index is 600. The van der Waals surface area contributed by atoms with Gasteiger partial charge in [0.25, 0.3) is 0 Å². The molecular weight excluding hydrogens is 393 g/mol. The number of sulfonamides is 1. The van der Waals surface area contributed by atoms with Crippen molar-refractivity contribution in [2.45, 2.75) is 25.2 Å². The van der Waals surface area contributed by atoms with Crippen LogP contribution < -0.4 is 0 Å². The average Bonchev–Trinajstić information content (AvgIpc) is 2.38. The number of carboxylic acids is 1. The maximum Gasteiger partial charge on any atom is 0.336 e. The second-order valence-electron chi connectivity index (χ2n) is 4.75. The molecule has 0 aliphatic heterocycles. The highest BCUT2D eigenvalue weighted by molar-refractivity contribution is 14.1. The van der Waals surface area contributed by atoms with Crippen LogP contribution in [0.25, 0.3) is 0 Å². The van der Waals surface area contributed by atoms with E-state index < -0.39 is 16.0 Å². The molecule has 112 valence electrons. The first-order chi connectivity index (χ1) is 9.20. The molecule has 1 aromatic rings. The summed E-state index contributed by atoms with van der Waals surface area (Å²) in [6, 6.07) is 4.16. The van der Waals surface area contributed by atoms with Gasteiger partial charge < -0.3 is 5.11 Å². The van der Waals surface area contributed by atoms with Crippen LogP contribution in [0.2, 0.25) is 0 Å². The van der Waals surface area contributed by atoms with Crippen LogP contribution >= 0.6 is 22.6 Å². The van der Waals surface area contributed by atoms with E-state index in [4.69, 9.17) is 5.11 Å². The van der Waals surface area contributed by atoms with E-state index in [1.165, 1.54) is 29.6 Å². The van der Waals surface area contributed by atoms with Crippen molar-refractivity contribution in [2.75, 3.05) is 13.6 Å². The van der Waals surface area contributed by atoms with Gasteiger partial charge in [-0.25, -0.2) is 17.5 Å². The van der Waals surface area contributed by atoms with Crippen LogP contribution in [0.5, 0.6) is 0 Å². The van der Waals surface area contributed by atoms with Gasteiger partial charge in [-0.2, -0.15) is 0 Å². The van der Waals surface area contributed by atoms with Crippen molar-refractivity contribution in [3.8, 4) is 0 Å². The third-order valence-electron chi connectivity index (χ3n) is 3.14. The van der Waals surface area contributed by atoms with Crippen molar-refractivity contribution in [1.29, 1.82) is 0 Å². The Hall–Kier alpha value is -0.670. The highest BCUT2D eigenvalue weighted by Crippen LogP contribution is 2.21. The second-order valence-corrected chi connectivity index (χ2v) is 7.95. The van der Waals surface area contributed by atoms with Crippen molar-refractivity contribution in [3.05, 3.63) is 27.3 Å². The molecule has 0 amide bonds. The van der Waals surface area contributed by atoms with Gasteiger partial charge >= 0.3 is 5.97 Å². The predicted octanol–water partition coefficient (Wildman–Crippen LogP) is 2.66. The SMILES string of the molecule is CCC(C)CN(C)S(=O)(=O)c1ccc(I)c(C(=O)O)c1. The molecule has 0 bridgehead atoms.